The molecule has 0 atom stereocenters. The zero-order valence-corrected chi connectivity index (χ0v) is 9.90. The summed E-state index contributed by atoms with van der Waals surface area (Å²) in [4.78, 5) is 0. The highest BCUT2D eigenvalue weighted by Crippen LogP contribution is 2.28. The van der Waals surface area contributed by atoms with Crippen molar-refractivity contribution < 1.29 is 4.39 Å². The van der Waals surface area contributed by atoms with Crippen molar-refractivity contribution in [3.05, 3.63) is 46.7 Å². The van der Waals surface area contributed by atoms with Crippen molar-refractivity contribution in [3.63, 3.8) is 0 Å². The Morgan fingerprint density at radius 2 is 1.73 bits per heavy atom. The van der Waals surface area contributed by atoms with E-state index in [1.165, 1.54) is 6.07 Å². The number of halogens is 2. The lowest BCUT2D eigenvalue weighted by Crippen LogP contribution is -1.83. The average Bonchev–Trinajstić information content (AvgIpc) is 2.26. The van der Waals surface area contributed by atoms with Gasteiger partial charge in [-0.1, -0.05) is 49.7 Å². The molecule has 0 spiro atoms. The normalized spacial score (nSPS) is 9.67. The standard InChI is InChI=1S/C11H8ClF.C2H6/c1-7-3-2-4-8-5-6-9(13)11(12)10(7)8;1-2/h2-6H,1H3;1-2H3. The first kappa shape index (κ1) is 12.0. The number of aryl methyl sites for hydroxylation is 1. The lowest BCUT2D eigenvalue weighted by atomic mass is 10.1. The topological polar surface area (TPSA) is 0 Å². The number of fused-ring (bicyclic) bond motifs is 1. The Kier molecular flexibility index (Phi) is 4.10. The van der Waals surface area contributed by atoms with Crippen LogP contribution in [0.3, 0.4) is 0 Å². The van der Waals surface area contributed by atoms with Gasteiger partial charge in [0.25, 0.3) is 0 Å². The predicted molar refractivity (Wildman–Crippen MR) is 65.0 cm³/mol. The van der Waals surface area contributed by atoms with Crippen LogP contribution in [0, 0.1) is 12.7 Å². The molecule has 0 bridgehead atoms. The Morgan fingerprint density at radius 3 is 2.40 bits per heavy atom. The zero-order valence-electron chi connectivity index (χ0n) is 9.14. The first-order valence-corrected chi connectivity index (χ1v) is 5.41. The summed E-state index contributed by atoms with van der Waals surface area (Å²) >= 11 is 5.86. The highest BCUT2D eigenvalue weighted by Gasteiger charge is 2.06. The largest absolute Gasteiger partial charge is 0.205 e. The van der Waals surface area contributed by atoms with Gasteiger partial charge in [-0.05, 0) is 23.9 Å². The lowest BCUT2D eigenvalue weighted by molar-refractivity contribution is 0.630. The van der Waals surface area contributed by atoms with Gasteiger partial charge in [0.05, 0.1) is 5.02 Å². The number of benzene rings is 2. The van der Waals surface area contributed by atoms with Gasteiger partial charge in [0.2, 0.25) is 0 Å². The molecule has 15 heavy (non-hydrogen) atoms. The molecule has 0 aliphatic rings. The van der Waals surface area contributed by atoms with Crippen LogP contribution in [-0.4, -0.2) is 0 Å². The molecule has 2 aromatic rings. The molecule has 0 aromatic heterocycles. The summed E-state index contributed by atoms with van der Waals surface area (Å²) in [6, 6.07) is 8.92. The smallest absolute Gasteiger partial charge is 0.142 e. The van der Waals surface area contributed by atoms with Crippen LogP contribution in [0.5, 0.6) is 0 Å². The molecule has 0 radical (unpaired) electrons. The fourth-order valence-corrected chi connectivity index (χ4v) is 1.81. The maximum atomic E-state index is 13.1. The quantitative estimate of drug-likeness (QED) is 0.593. The first-order valence-electron chi connectivity index (χ1n) is 5.03. The third kappa shape index (κ3) is 2.29. The van der Waals surface area contributed by atoms with Crippen LogP contribution in [0.15, 0.2) is 30.3 Å². The summed E-state index contributed by atoms with van der Waals surface area (Å²) in [5.41, 5.74) is 1.00. The fraction of sp³-hybridized carbons (Fsp3) is 0.231. The van der Waals surface area contributed by atoms with Crippen LogP contribution < -0.4 is 0 Å². The Balaban J connectivity index is 0.000000531. The van der Waals surface area contributed by atoms with E-state index in [9.17, 15) is 4.39 Å². The van der Waals surface area contributed by atoms with Crippen molar-refractivity contribution in [1.29, 1.82) is 0 Å². The van der Waals surface area contributed by atoms with Crippen LogP contribution >= 0.6 is 11.6 Å². The van der Waals surface area contributed by atoms with Crippen molar-refractivity contribution in [2.45, 2.75) is 20.8 Å². The van der Waals surface area contributed by atoms with Crippen molar-refractivity contribution in [2.75, 3.05) is 0 Å². The van der Waals surface area contributed by atoms with Crippen LogP contribution in [0.2, 0.25) is 5.02 Å². The van der Waals surface area contributed by atoms with E-state index in [4.69, 9.17) is 11.6 Å². The third-order valence-corrected chi connectivity index (χ3v) is 2.51. The van der Waals surface area contributed by atoms with Crippen molar-refractivity contribution >= 4 is 22.4 Å². The highest BCUT2D eigenvalue weighted by atomic mass is 35.5. The summed E-state index contributed by atoms with van der Waals surface area (Å²) in [6.45, 7) is 5.92. The van der Waals surface area contributed by atoms with Gasteiger partial charge < -0.3 is 0 Å². The molecule has 0 aliphatic carbocycles. The summed E-state index contributed by atoms with van der Waals surface area (Å²) in [7, 11) is 0. The summed E-state index contributed by atoms with van der Waals surface area (Å²) < 4.78 is 13.1. The zero-order chi connectivity index (χ0) is 11.4. The maximum absolute atomic E-state index is 13.1. The van der Waals surface area contributed by atoms with Gasteiger partial charge in [0, 0.05) is 5.39 Å². The molecule has 0 saturated heterocycles. The Morgan fingerprint density at radius 1 is 1.07 bits per heavy atom. The number of hydrogen-bond donors (Lipinski definition) is 0. The molecular weight excluding hydrogens is 211 g/mol. The van der Waals surface area contributed by atoms with Gasteiger partial charge in [0.1, 0.15) is 5.82 Å². The Labute approximate surface area is 94.7 Å². The minimum Gasteiger partial charge on any atom is -0.205 e. The molecule has 0 aliphatic heterocycles. The van der Waals surface area contributed by atoms with E-state index < -0.39 is 0 Å². The predicted octanol–water partition coefficient (Wildman–Crippen LogP) is 4.97. The molecule has 0 amide bonds. The molecule has 2 heteroatoms. The third-order valence-electron chi connectivity index (χ3n) is 2.14. The number of rotatable bonds is 0. The minimum absolute atomic E-state index is 0.218. The second-order valence-corrected chi connectivity index (χ2v) is 3.41. The maximum Gasteiger partial charge on any atom is 0.142 e. The molecule has 0 N–H and O–H groups in total. The fourth-order valence-electron chi connectivity index (χ4n) is 1.48. The molecular formula is C13H14ClF. The second kappa shape index (κ2) is 5.13. The highest BCUT2D eigenvalue weighted by molar-refractivity contribution is 6.35. The van der Waals surface area contributed by atoms with E-state index >= 15 is 0 Å². The van der Waals surface area contributed by atoms with Crippen LogP contribution in [-0.2, 0) is 0 Å². The summed E-state index contributed by atoms with van der Waals surface area (Å²) in [6.07, 6.45) is 0. The van der Waals surface area contributed by atoms with Gasteiger partial charge >= 0.3 is 0 Å². The van der Waals surface area contributed by atoms with Gasteiger partial charge in [-0.3, -0.25) is 0 Å². The lowest BCUT2D eigenvalue weighted by Gasteiger charge is -2.04. The van der Waals surface area contributed by atoms with Crippen LogP contribution in [0.4, 0.5) is 4.39 Å². The van der Waals surface area contributed by atoms with Gasteiger partial charge in [-0.25, -0.2) is 4.39 Å². The van der Waals surface area contributed by atoms with E-state index in [-0.39, 0.29) is 10.8 Å². The molecule has 2 aromatic carbocycles. The van der Waals surface area contributed by atoms with E-state index in [0.29, 0.717) is 0 Å². The molecule has 0 fully saturated rings. The molecule has 0 unspecified atom stereocenters. The first-order chi connectivity index (χ1) is 7.20. The monoisotopic (exact) mass is 224 g/mol. The van der Waals surface area contributed by atoms with E-state index in [1.54, 1.807) is 6.07 Å². The van der Waals surface area contributed by atoms with Crippen molar-refractivity contribution in [2.24, 2.45) is 0 Å². The van der Waals surface area contributed by atoms with E-state index in [2.05, 4.69) is 0 Å². The molecule has 0 saturated carbocycles. The van der Waals surface area contributed by atoms with Gasteiger partial charge in [-0.2, -0.15) is 0 Å². The second-order valence-electron chi connectivity index (χ2n) is 3.03. The molecule has 0 nitrogen and oxygen atoms in total. The van der Waals surface area contributed by atoms with Gasteiger partial charge in [-0.15, -0.1) is 0 Å². The molecule has 80 valence electrons. The molecule has 2 rings (SSSR count). The number of hydrogen-bond acceptors (Lipinski definition) is 0. The van der Waals surface area contributed by atoms with Crippen molar-refractivity contribution in [3.8, 4) is 0 Å². The summed E-state index contributed by atoms with van der Waals surface area (Å²) in [5.74, 6) is -0.358. The molecule has 0 heterocycles. The van der Waals surface area contributed by atoms with E-state index in [1.807, 2.05) is 39.0 Å². The minimum atomic E-state index is -0.358. The average molecular weight is 225 g/mol. The summed E-state index contributed by atoms with van der Waals surface area (Å²) in [5, 5.41) is 2.01. The Bertz CT molecular complexity index is 463. The Hall–Kier alpha value is -1.08. The van der Waals surface area contributed by atoms with Crippen LogP contribution in [0.1, 0.15) is 19.4 Å². The SMILES string of the molecule is CC.Cc1cccc2ccc(F)c(Cl)c12. The van der Waals surface area contributed by atoms with E-state index in [0.717, 1.165) is 16.3 Å². The van der Waals surface area contributed by atoms with Gasteiger partial charge in [0.15, 0.2) is 0 Å². The van der Waals surface area contributed by atoms with Crippen molar-refractivity contribution in [1.82, 2.24) is 0 Å². The van der Waals surface area contributed by atoms with Crippen LogP contribution in [0.25, 0.3) is 10.8 Å².